The molecule has 0 unspecified atom stereocenters. The SMILES string of the molecule is CCNCc1csc(C2Cc3ccccc3C2)n1. The molecular formula is C15H18N2S. The number of benzene rings is 1. The standard InChI is InChI=1S/C15H18N2S/c1-2-16-9-14-10-18-15(17-14)13-7-11-5-3-4-6-12(11)8-13/h3-6,10,13,16H,2,7-9H2,1H3. The van der Waals surface area contributed by atoms with E-state index in [1.807, 2.05) is 11.3 Å². The first-order valence-corrected chi connectivity index (χ1v) is 7.46. The van der Waals surface area contributed by atoms with E-state index in [-0.39, 0.29) is 0 Å². The summed E-state index contributed by atoms with van der Waals surface area (Å²) in [4.78, 5) is 4.77. The zero-order valence-corrected chi connectivity index (χ0v) is 11.5. The number of thiazole rings is 1. The third-order valence-corrected chi connectivity index (χ3v) is 4.58. The van der Waals surface area contributed by atoms with Gasteiger partial charge in [-0.15, -0.1) is 11.3 Å². The van der Waals surface area contributed by atoms with Crippen molar-refractivity contribution < 1.29 is 0 Å². The van der Waals surface area contributed by atoms with E-state index in [1.165, 1.54) is 21.8 Å². The van der Waals surface area contributed by atoms with Crippen LogP contribution in [0.3, 0.4) is 0 Å². The van der Waals surface area contributed by atoms with Crippen molar-refractivity contribution >= 4 is 11.3 Å². The maximum absolute atomic E-state index is 4.77. The quantitative estimate of drug-likeness (QED) is 0.911. The Labute approximate surface area is 112 Å². The van der Waals surface area contributed by atoms with Gasteiger partial charge in [-0.3, -0.25) is 0 Å². The summed E-state index contributed by atoms with van der Waals surface area (Å²) in [7, 11) is 0. The molecule has 1 N–H and O–H groups in total. The van der Waals surface area contributed by atoms with E-state index in [2.05, 4.69) is 41.9 Å². The topological polar surface area (TPSA) is 24.9 Å². The van der Waals surface area contributed by atoms with Gasteiger partial charge in [-0.2, -0.15) is 0 Å². The van der Waals surface area contributed by atoms with Gasteiger partial charge in [-0.25, -0.2) is 4.98 Å². The predicted molar refractivity (Wildman–Crippen MR) is 76.1 cm³/mol. The van der Waals surface area contributed by atoms with Gasteiger partial charge in [0.25, 0.3) is 0 Å². The Morgan fingerprint density at radius 2 is 2.00 bits per heavy atom. The molecule has 1 aromatic carbocycles. The van der Waals surface area contributed by atoms with E-state index in [0.29, 0.717) is 5.92 Å². The number of nitrogens with zero attached hydrogens (tertiary/aromatic N) is 1. The Morgan fingerprint density at radius 3 is 2.67 bits per heavy atom. The molecule has 1 heterocycles. The molecule has 94 valence electrons. The molecule has 0 amide bonds. The third-order valence-electron chi connectivity index (χ3n) is 3.53. The molecule has 0 saturated heterocycles. The van der Waals surface area contributed by atoms with Gasteiger partial charge in [0, 0.05) is 17.8 Å². The normalized spacial score (nSPS) is 14.9. The molecule has 0 bridgehead atoms. The summed E-state index contributed by atoms with van der Waals surface area (Å²) in [5, 5.41) is 6.83. The van der Waals surface area contributed by atoms with Gasteiger partial charge in [-0.05, 0) is 30.5 Å². The highest BCUT2D eigenvalue weighted by atomic mass is 32.1. The Balaban J connectivity index is 1.72. The molecule has 0 aliphatic heterocycles. The zero-order valence-electron chi connectivity index (χ0n) is 10.6. The fourth-order valence-corrected chi connectivity index (χ4v) is 3.50. The molecule has 0 saturated carbocycles. The lowest BCUT2D eigenvalue weighted by Gasteiger charge is -2.03. The van der Waals surface area contributed by atoms with Gasteiger partial charge in [0.2, 0.25) is 0 Å². The second-order valence-corrected chi connectivity index (χ2v) is 5.72. The number of aromatic nitrogens is 1. The number of hydrogen-bond donors (Lipinski definition) is 1. The molecular weight excluding hydrogens is 240 g/mol. The Kier molecular flexibility index (Phi) is 3.43. The van der Waals surface area contributed by atoms with Crippen LogP contribution in [0, 0.1) is 0 Å². The van der Waals surface area contributed by atoms with Crippen molar-refractivity contribution in [3.63, 3.8) is 0 Å². The summed E-state index contributed by atoms with van der Waals surface area (Å²) >= 11 is 1.82. The van der Waals surface area contributed by atoms with Gasteiger partial charge in [0.1, 0.15) is 0 Å². The molecule has 0 radical (unpaired) electrons. The van der Waals surface area contributed by atoms with Crippen LogP contribution in [-0.4, -0.2) is 11.5 Å². The summed E-state index contributed by atoms with van der Waals surface area (Å²) in [6.07, 6.45) is 2.31. The lowest BCUT2D eigenvalue weighted by molar-refractivity contribution is 0.694. The Morgan fingerprint density at radius 1 is 1.28 bits per heavy atom. The highest BCUT2D eigenvalue weighted by molar-refractivity contribution is 7.09. The number of nitrogens with one attached hydrogen (secondary N) is 1. The molecule has 3 rings (SSSR count). The second-order valence-electron chi connectivity index (χ2n) is 4.83. The first kappa shape index (κ1) is 11.9. The van der Waals surface area contributed by atoms with Crippen LogP contribution in [0.25, 0.3) is 0 Å². The summed E-state index contributed by atoms with van der Waals surface area (Å²) in [5.41, 5.74) is 4.20. The molecule has 1 aliphatic rings. The first-order chi connectivity index (χ1) is 8.86. The van der Waals surface area contributed by atoms with Crippen molar-refractivity contribution in [1.29, 1.82) is 0 Å². The highest BCUT2D eigenvalue weighted by Crippen LogP contribution is 2.35. The largest absolute Gasteiger partial charge is 0.311 e. The van der Waals surface area contributed by atoms with Gasteiger partial charge in [0.05, 0.1) is 10.7 Å². The van der Waals surface area contributed by atoms with Crippen LogP contribution >= 0.6 is 11.3 Å². The predicted octanol–water partition coefficient (Wildman–Crippen LogP) is 3.14. The molecule has 1 aliphatic carbocycles. The van der Waals surface area contributed by atoms with Crippen molar-refractivity contribution in [2.45, 2.75) is 32.2 Å². The van der Waals surface area contributed by atoms with E-state index in [1.54, 1.807) is 0 Å². The van der Waals surface area contributed by atoms with E-state index < -0.39 is 0 Å². The van der Waals surface area contributed by atoms with Crippen molar-refractivity contribution in [2.24, 2.45) is 0 Å². The van der Waals surface area contributed by atoms with Crippen LogP contribution < -0.4 is 5.32 Å². The molecule has 18 heavy (non-hydrogen) atoms. The molecule has 2 aromatic rings. The fraction of sp³-hybridized carbons (Fsp3) is 0.400. The van der Waals surface area contributed by atoms with Crippen LogP contribution in [-0.2, 0) is 19.4 Å². The maximum Gasteiger partial charge on any atom is 0.0966 e. The average Bonchev–Trinajstić information content (AvgIpc) is 3.02. The minimum absolute atomic E-state index is 0.600. The maximum atomic E-state index is 4.77. The number of rotatable bonds is 4. The smallest absolute Gasteiger partial charge is 0.0966 e. The zero-order chi connectivity index (χ0) is 12.4. The van der Waals surface area contributed by atoms with Crippen molar-refractivity contribution in [1.82, 2.24) is 10.3 Å². The third kappa shape index (κ3) is 2.33. The van der Waals surface area contributed by atoms with Gasteiger partial charge in [-0.1, -0.05) is 31.2 Å². The minimum atomic E-state index is 0.600. The summed E-state index contributed by atoms with van der Waals surface area (Å²) in [5.74, 6) is 0.600. The number of hydrogen-bond acceptors (Lipinski definition) is 3. The Bertz CT molecular complexity index is 508. The van der Waals surface area contributed by atoms with E-state index in [0.717, 1.165) is 25.9 Å². The highest BCUT2D eigenvalue weighted by Gasteiger charge is 2.24. The summed E-state index contributed by atoms with van der Waals surface area (Å²) < 4.78 is 0. The molecule has 2 nitrogen and oxygen atoms in total. The lowest BCUT2D eigenvalue weighted by atomic mass is 10.1. The average molecular weight is 258 g/mol. The van der Waals surface area contributed by atoms with Crippen LogP contribution in [0.5, 0.6) is 0 Å². The fourth-order valence-electron chi connectivity index (χ4n) is 2.58. The molecule has 0 fully saturated rings. The van der Waals surface area contributed by atoms with Gasteiger partial charge in [0.15, 0.2) is 0 Å². The van der Waals surface area contributed by atoms with E-state index in [9.17, 15) is 0 Å². The van der Waals surface area contributed by atoms with Crippen molar-refractivity contribution in [2.75, 3.05) is 6.54 Å². The van der Waals surface area contributed by atoms with Crippen molar-refractivity contribution in [3.05, 3.63) is 51.5 Å². The van der Waals surface area contributed by atoms with E-state index in [4.69, 9.17) is 4.98 Å². The monoisotopic (exact) mass is 258 g/mol. The van der Waals surface area contributed by atoms with Crippen LogP contribution in [0.15, 0.2) is 29.6 Å². The van der Waals surface area contributed by atoms with Crippen LogP contribution in [0.4, 0.5) is 0 Å². The van der Waals surface area contributed by atoms with Crippen molar-refractivity contribution in [3.8, 4) is 0 Å². The minimum Gasteiger partial charge on any atom is -0.311 e. The van der Waals surface area contributed by atoms with Crippen LogP contribution in [0.2, 0.25) is 0 Å². The summed E-state index contributed by atoms with van der Waals surface area (Å²) in [6.45, 7) is 4.02. The first-order valence-electron chi connectivity index (χ1n) is 6.58. The van der Waals surface area contributed by atoms with Crippen LogP contribution in [0.1, 0.15) is 34.7 Å². The molecule has 0 atom stereocenters. The summed E-state index contributed by atoms with van der Waals surface area (Å²) in [6, 6.07) is 8.78. The molecule has 0 spiro atoms. The lowest BCUT2D eigenvalue weighted by Crippen LogP contribution is -2.12. The molecule has 1 aromatic heterocycles. The number of fused-ring (bicyclic) bond motifs is 1. The van der Waals surface area contributed by atoms with Gasteiger partial charge >= 0.3 is 0 Å². The van der Waals surface area contributed by atoms with E-state index >= 15 is 0 Å². The Hall–Kier alpha value is -1.19. The van der Waals surface area contributed by atoms with Gasteiger partial charge < -0.3 is 5.32 Å². The molecule has 3 heteroatoms. The second kappa shape index (κ2) is 5.21.